The number of H-pyrrole nitrogens is 1. The topological polar surface area (TPSA) is 96.4 Å². The second-order valence-corrected chi connectivity index (χ2v) is 8.24. The number of aromatic amines is 1. The lowest BCUT2D eigenvalue weighted by atomic mass is 10.0. The third-order valence-corrected chi connectivity index (χ3v) is 5.83. The summed E-state index contributed by atoms with van der Waals surface area (Å²) in [5.41, 5.74) is 1.04. The summed E-state index contributed by atoms with van der Waals surface area (Å²) < 4.78 is 6.65. The van der Waals surface area contributed by atoms with Crippen molar-refractivity contribution in [3.8, 4) is 0 Å². The Hall–Kier alpha value is -3.23. The van der Waals surface area contributed by atoms with E-state index in [4.69, 9.17) is 4.74 Å². The summed E-state index contributed by atoms with van der Waals surface area (Å²) in [6, 6.07) is 14.6. The normalized spacial score (nSPS) is 15.7. The summed E-state index contributed by atoms with van der Waals surface area (Å²) in [6.45, 7) is 6.94. The van der Waals surface area contributed by atoms with Crippen LogP contribution in [0.2, 0.25) is 0 Å². The SMILES string of the molecule is CC(C)n1c(=O)[nH]c2cc(C(=O)NC[C@H](c3ccccc3)N3CCOCC3)ccc2c1=O. The number of ether oxygens (including phenoxy) is 1. The molecule has 2 N–H and O–H groups in total. The molecular formula is C24H28N4O4. The number of carbonyl (C=O) groups is 1. The number of hydrogen-bond acceptors (Lipinski definition) is 5. The van der Waals surface area contributed by atoms with E-state index >= 15 is 0 Å². The Morgan fingerprint density at radius 1 is 1.09 bits per heavy atom. The van der Waals surface area contributed by atoms with Crippen molar-refractivity contribution in [2.24, 2.45) is 0 Å². The molecule has 8 nitrogen and oxygen atoms in total. The average Bonchev–Trinajstić information content (AvgIpc) is 2.80. The number of amides is 1. The van der Waals surface area contributed by atoms with Crippen LogP contribution in [0.5, 0.6) is 0 Å². The van der Waals surface area contributed by atoms with Gasteiger partial charge in [0.1, 0.15) is 0 Å². The van der Waals surface area contributed by atoms with Crippen molar-refractivity contribution in [3.63, 3.8) is 0 Å². The first-order chi connectivity index (χ1) is 15.5. The van der Waals surface area contributed by atoms with Crippen LogP contribution in [-0.4, -0.2) is 53.2 Å². The molecule has 2 aromatic carbocycles. The minimum atomic E-state index is -0.480. The van der Waals surface area contributed by atoms with Gasteiger partial charge in [0.25, 0.3) is 11.5 Å². The molecule has 168 valence electrons. The Bertz CT molecular complexity index is 1210. The summed E-state index contributed by atoms with van der Waals surface area (Å²) in [6.07, 6.45) is 0. The van der Waals surface area contributed by atoms with Gasteiger partial charge in [-0.25, -0.2) is 4.79 Å². The molecule has 0 bridgehead atoms. The molecule has 2 heterocycles. The molecule has 1 aromatic heterocycles. The van der Waals surface area contributed by atoms with Gasteiger partial charge < -0.3 is 15.0 Å². The molecule has 0 aliphatic carbocycles. The third-order valence-electron chi connectivity index (χ3n) is 5.83. The number of nitrogens with zero attached hydrogens (tertiary/aromatic N) is 2. The smallest absolute Gasteiger partial charge is 0.329 e. The van der Waals surface area contributed by atoms with Crippen molar-refractivity contribution in [1.29, 1.82) is 0 Å². The molecule has 1 atom stereocenters. The van der Waals surface area contributed by atoms with Crippen LogP contribution in [-0.2, 0) is 4.74 Å². The number of morpholine rings is 1. The molecule has 4 rings (SSSR count). The van der Waals surface area contributed by atoms with Gasteiger partial charge in [-0.3, -0.25) is 19.1 Å². The van der Waals surface area contributed by atoms with Crippen molar-refractivity contribution in [2.75, 3.05) is 32.8 Å². The Morgan fingerprint density at radius 2 is 1.81 bits per heavy atom. The Kier molecular flexibility index (Phi) is 6.53. The van der Waals surface area contributed by atoms with Crippen molar-refractivity contribution < 1.29 is 9.53 Å². The maximum atomic E-state index is 12.9. The Labute approximate surface area is 185 Å². The van der Waals surface area contributed by atoms with E-state index in [0.29, 0.717) is 36.2 Å². The first-order valence-corrected chi connectivity index (χ1v) is 10.9. The van der Waals surface area contributed by atoms with E-state index in [1.54, 1.807) is 32.0 Å². The van der Waals surface area contributed by atoms with Gasteiger partial charge in [0.15, 0.2) is 0 Å². The van der Waals surface area contributed by atoms with E-state index in [-0.39, 0.29) is 23.6 Å². The predicted octanol–water partition coefficient (Wildman–Crippen LogP) is 2.07. The molecule has 1 amide bonds. The molecule has 8 heteroatoms. The molecule has 32 heavy (non-hydrogen) atoms. The molecule has 1 aliphatic rings. The van der Waals surface area contributed by atoms with Crippen molar-refractivity contribution in [2.45, 2.75) is 25.9 Å². The largest absolute Gasteiger partial charge is 0.379 e. The molecule has 1 aliphatic heterocycles. The highest BCUT2D eigenvalue weighted by atomic mass is 16.5. The molecule has 0 radical (unpaired) electrons. The van der Waals surface area contributed by atoms with Crippen LogP contribution in [0.3, 0.4) is 0 Å². The van der Waals surface area contributed by atoms with Gasteiger partial charge in [0.05, 0.1) is 30.2 Å². The first kappa shape index (κ1) is 22.0. The van der Waals surface area contributed by atoms with Crippen molar-refractivity contribution >= 4 is 16.8 Å². The van der Waals surface area contributed by atoms with Gasteiger partial charge in [0, 0.05) is 31.2 Å². The van der Waals surface area contributed by atoms with Gasteiger partial charge >= 0.3 is 5.69 Å². The summed E-state index contributed by atoms with van der Waals surface area (Å²) in [7, 11) is 0. The average molecular weight is 437 g/mol. The van der Waals surface area contributed by atoms with E-state index in [1.807, 2.05) is 18.2 Å². The van der Waals surface area contributed by atoms with Gasteiger partial charge in [-0.1, -0.05) is 30.3 Å². The number of aromatic nitrogens is 2. The van der Waals surface area contributed by atoms with Gasteiger partial charge in [-0.05, 0) is 37.6 Å². The number of carbonyl (C=O) groups excluding carboxylic acids is 1. The van der Waals surface area contributed by atoms with E-state index in [0.717, 1.165) is 18.7 Å². The fourth-order valence-electron chi connectivity index (χ4n) is 4.16. The minimum absolute atomic E-state index is 0.0301. The Balaban J connectivity index is 1.56. The monoisotopic (exact) mass is 436 g/mol. The second kappa shape index (κ2) is 9.50. The molecular weight excluding hydrogens is 408 g/mol. The number of benzene rings is 2. The highest BCUT2D eigenvalue weighted by molar-refractivity contribution is 5.97. The molecule has 1 saturated heterocycles. The van der Waals surface area contributed by atoms with Crippen LogP contribution in [0.25, 0.3) is 10.9 Å². The fourth-order valence-corrected chi connectivity index (χ4v) is 4.16. The lowest BCUT2D eigenvalue weighted by Gasteiger charge is -2.35. The van der Waals surface area contributed by atoms with Crippen LogP contribution in [0, 0.1) is 0 Å². The van der Waals surface area contributed by atoms with Crippen LogP contribution < -0.4 is 16.6 Å². The van der Waals surface area contributed by atoms with Crippen LogP contribution >= 0.6 is 0 Å². The van der Waals surface area contributed by atoms with Crippen LogP contribution in [0.1, 0.15) is 41.9 Å². The lowest BCUT2D eigenvalue weighted by Crippen LogP contribution is -2.43. The van der Waals surface area contributed by atoms with E-state index in [9.17, 15) is 14.4 Å². The van der Waals surface area contributed by atoms with Gasteiger partial charge in [0.2, 0.25) is 0 Å². The maximum absolute atomic E-state index is 12.9. The number of fused-ring (bicyclic) bond motifs is 1. The fraction of sp³-hybridized carbons (Fsp3) is 0.375. The zero-order valence-corrected chi connectivity index (χ0v) is 18.3. The molecule has 0 unspecified atom stereocenters. The lowest BCUT2D eigenvalue weighted by molar-refractivity contribution is 0.0162. The summed E-state index contributed by atoms with van der Waals surface area (Å²) >= 11 is 0. The first-order valence-electron chi connectivity index (χ1n) is 10.9. The van der Waals surface area contributed by atoms with Crippen LogP contribution in [0.4, 0.5) is 0 Å². The van der Waals surface area contributed by atoms with E-state index in [1.165, 1.54) is 4.57 Å². The van der Waals surface area contributed by atoms with E-state index < -0.39 is 5.69 Å². The zero-order valence-electron chi connectivity index (χ0n) is 18.3. The van der Waals surface area contributed by atoms with Gasteiger partial charge in [-0.2, -0.15) is 0 Å². The molecule has 0 spiro atoms. The third kappa shape index (κ3) is 4.51. The number of nitrogens with one attached hydrogen (secondary N) is 2. The minimum Gasteiger partial charge on any atom is -0.379 e. The number of hydrogen-bond donors (Lipinski definition) is 2. The summed E-state index contributed by atoms with van der Waals surface area (Å²) in [5.74, 6) is -0.255. The Morgan fingerprint density at radius 3 is 2.50 bits per heavy atom. The summed E-state index contributed by atoms with van der Waals surface area (Å²) in [5, 5.41) is 3.40. The molecule has 1 fully saturated rings. The van der Waals surface area contributed by atoms with Crippen molar-refractivity contribution in [3.05, 3.63) is 80.5 Å². The molecule has 3 aromatic rings. The van der Waals surface area contributed by atoms with E-state index in [2.05, 4.69) is 27.3 Å². The summed E-state index contributed by atoms with van der Waals surface area (Å²) in [4.78, 5) is 42.9. The number of rotatable bonds is 6. The standard InChI is InChI=1S/C24H28N4O4/c1-16(2)28-23(30)19-9-8-18(14-20(19)26-24(28)31)22(29)25-15-21(17-6-4-3-5-7-17)27-10-12-32-13-11-27/h3-9,14,16,21H,10-13,15H2,1-2H3,(H,25,29)(H,26,31)/t21-/m1/s1. The molecule has 0 saturated carbocycles. The highest BCUT2D eigenvalue weighted by Gasteiger charge is 2.23. The maximum Gasteiger partial charge on any atom is 0.329 e. The van der Waals surface area contributed by atoms with Crippen molar-refractivity contribution in [1.82, 2.24) is 19.8 Å². The van der Waals surface area contributed by atoms with Gasteiger partial charge in [-0.15, -0.1) is 0 Å². The zero-order chi connectivity index (χ0) is 22.7. The second-order valence-electron chi connectivity index (χ2n) is 8.24. The highest BCUT2D eigenvalue weighted by Crippen LogP contribution is 2.21. The predicted molar refractivity (Wildman–Crippen MR) is 123 cm³/mol. The quantitative estimate of drug-likeness (QED) is 0.617. The van der Waals surface area contributed by atoms with Crippen LogP contribution in [0.15, 0.2) is 58.1 Å².